The average Bonchev–Trinajstić information content (AvgIpc) is 2.30. The van der Waals surface area contributed by atoms with Gasteiger partial charge in [-0.05, 0) is 39.5 Å². The Labute approximate surface area is 103 Å². The molecule has 98 valence electrons. The molecule has 17 heavy (non-hydrogen) atoms. The molecule has 0 heterocycles. The van der Waals surface area contributed by atoms with Gasteiger partial charge < -0.3 is 16.4 Å². The predicted octanol–water partition coefficient (Wildman–Crippen LogP) is 0.145. The molecule has 1 aliphatic carbocycles. The Morgan fingerprint density at radius 2 is 1.88 bits per heavy atom. The Bertz CT molecular complexity index is 273. The van der Waals surface area contributed by atoms with E-state index in [-0.39, 0.29) is 23.8 Å². The Morgan fingerprint density at radius 1 is 1.29 bits per heavy atom. The van der Waals surface area contributed by atoms with Gasteiger partial charge in [-0.15, -0.1) is 0 Å². The summed E-state index contributed by atoms with van der Waals surface area (Å²) in [6.45, 7) is 4.14. The third-order valence-corrected chi connectivity index (χ3v) is 3.25. The first kappa shape index (κ1) is 14.0. The number of amides is 2. The van der Waals surface area contributed by atoms with Crippen molar-refractivity contribution in [2.75, 3.05) is 6.54 Å². The molecule has 1 aliphatic rings. The molecular weight excluding hydrogens is 218 g/mol. The first-order valence-corrected chi connectivity index (χ1v) is 6.38. The molecule has 1 saturated carbocycles. The van der Waals surface area contributed by atoms with Crippen LogP contribution in [0, 0.1) is 5.92 Å². The van der Waals surface area contributed by atoms with Crippen molar-refractivity contribution in [1.29, 1.82) is 0 Å². The van der Waals surface area contributed by atoms with Crippen molar-refractivity contribution in [1.82, 2.24) is 10.6 Å². The highest BCUT2D eigenvalue weighted by molar-refractivity contribution is 5.88. The van der Waals surface area contributed by atoms with Crippen LogP contribution >= 0.6 is 0 Å². The minimum absolute atomic E-state index is 0.0179. The summed E-state index contributed by atoms with van der Waals surface area (Å²) in [7, 11) is 0. The quantitative estimate of drug-likeness (QED) is 0.655. The summed E-state index contributed by atoms with van der Waals surface area (Å²) in [5, 5.41) is 5.44. The first-order chi connectivity index (χ1) is 8.04. The van der Waals surface area contributed by atoms with Gasteiger partial charge in [0.15, 0.2) is 0 Å². The standard InChI is InChI=1S/C12H23N3O2/c1-3-14-11(16)8(2)15-12(17)9-4-6-10(13)7-5-9/h8-10H,3-7,13H2,1-2H3,(H,14,16)(H,15,17). The maximum Gasteiger partial charge on any atom is 0.242 e. The van der Waals surface area contributed by atoms with Gasteiger partial charge >= 0.3 is 0 Å². The number of carbonyl (C=O) groups excluding carboxylic acids is 2. The highest BCUT2D eigenvalue weighted by atomic mass is 16.2. The number of nitrogens with one attached hydrogen (secondary N) is 2. The molecule has 0 spiro atoms. The van der Waals surface area contributed by atoms with Crippen LogP contribution in [0.25, 0.3) is 0 Å². The second-order valence-corrected chi connectivity index (χ2v) is 4.74. The summed E-state index contributed by atoms with van der Waals surface area (Å²) in [4.78, 5) is 23.4. The van der Waals surface area contributed by atoms with Crippen LogP contribution in [0.2, 0.25) is 0 Å². The number of likely N-dealkylation sites (N-methyl/N-ethyl adjacent to an activating group) is 1. The van der Waals surface area contributed by atoms with E-state index in [4.69, 9.17) is 5.73 Å². The maximum absolute atomic E-state index is 11.9. The van der Waals surface area contributed by atoms with Gasteiger partial charge in [-0.25, -0.2) is 0 Å². The fraction of sp³-hybridized carbons (Fsp3) is 0.833. The topological polar surface area (TPSA) is 84.2 Å². The summed E-state index contributed by atoms with van der Waals surface area (Å²) in [6, 6.07) is -0.224. The molecule has 0 aromatic carbocycles. The first-order valence-electron chi connectivity index (χ1n) is 6.38. The van der Waals surface area contributed by atoms with Crippen LogP contribution in [0.15, 0.2) is 0 Å². The zero-order chi connectivity index (χ0) is 12.8. The van der Waals surface area contributed by atoms with Crippen LogP contribution in [-0.4, -0.2) is 30.4 Å². The van der Waals surface area contributed by atoms with Crippen molar-refractivity contribution in [2.45, 2.75) is 51.6 Å². The van der Waals surface area contributed by atoms with Crippen molar-refractivity contribution in [3.05, 3.63) is 0 Å². The van der Waals surface area contributed by atoms with Crippen molar-refractivity contribution in [2.24, 2.45) is 11.7 Å². The Kier molecular flexibility index (Phi) is 5.41. The number of hydrogen-bond acceptors (Lipinski definition) is 3. The van der Waals surface area contributed by atoms with Crippen molar-refractivity contribution >= 4 is 11.8 Å². The molecule has 0 aromatic heterocycles. The molecule has 1 rings (SSSR count). The van der Waals surface area contributed by atoms with Gasteiger partial charge in [0.2, 0.25) is 11.8 Å². The summed E-state index contributed by atoms with van der Waals surface area (Å²) >= 11 is 0. The van der Waals surface area contributed by atoms with E-state index in [9.17, 15) is 9.59 Å². The molecular formula is C12H23N3O2. The van der Waals surface area contributed by atoms with Gasteiger partial charge in [0.05, 0.1) is 0 Å². The highest BCUT2D eigenvalue weighted by Gasteiger charge is 2.26. The van der Waals surface area contributed by atoms with Gasteiger partial charge in [-0.2, -0.15) is 0 Å². The molecule has 0 aliphatic heterocycles. The molecule has 0 saturated heterocycles. The minimum Gasteiger partial charge on any atom is -0.355 e. The maximum atomic E-state index is 11.9. The monoisotopic (exact) mass is 241 g/mol. The highest BCUT2D eigenvalue weighted by Crippen LogP contribution is 2.23. The van der Waals surface area contributed by atoms with Crippen LogP contribution in [0.4, 0.5) is 0 Å². The zero-order valence-corrected chi connectivity index (χ0v) is 10.7. The second-order valence-electron chi connectivity index (χ2n) is 4.74. The normalized spacial score (nSPS) is 26.1. The number of hydrogen-bond donors (Lipinski definition) is 3. The molecule has 1 unspecified atom stereocenters. The van der Waals surface area contributed by atoms with E-state index in [1.807, 2.05) is 6.92 Å². The van der Waals surface area contributed by atoms with Gasteiger partial charge in [0.25, 0.3) is 0 Å². The van der Waals surface area contributed by atoms with Crippen molar-refractivity contribution in [3.63, 3.8) is 0 Å². The van der Waals surface area contributed by atoms with Gasteiger partial charge in [0.1, 0.15) is 6.04 Å². The fourth-order valence-electron chi connectivity index (χ4n) is 2.11. The lowest BCUT2D eigenvalue weighted by Crippen LogP contribution is -2.47. The summed E-state index contributed by atoms with van der Waals surface area (Å²) < 4.78 is 0. The molecule has 0 radical (unpaired) electrons. The minimum atomic E-state index is -0.460. The van der Waals surface area contributed by atoms with Crippen LogP contribution in [0.1, 0.15) is 39.5 Å². The third-order valence-electron chi connectivity index (χ3n) is 3.25. The molecule has 1 fully saturated rings. The summed E-state index contributed by atoms with van der Waals surface area (Å²) in [5.41, 5.74) is 5.79. The fourth-order valence-corrected chi connectivity index (χ4v) is 2.11. The van der Waals surface area contributed by atoms with E-state index in [0.29, 0.717) is 6.54 Å². The van der Waals surface area contributed by atoms with Crippen molar-refractivity contribution < 1.29 is 9.59 Å². The van der Waals surface area contributed by atoms with E-state index in [0.717, 1.165) is 25.7 Å². The third kappa shape index (κ3) is 4.34. The Morgan fingerprint density at radius 3 is 2.41 bits per heavy atom. The van der Waals surface area contributed by atoms with Gasteiger partial charge in [-0.1, -0.05) is 0 Å². The van der Waals surface area contributed by atoms with Crippen LogP contribution < -0.4 is 16.4 Å². The average molecular weight is 241 g/mol. The van der Waals surface area contributed by atoms with Crippen LogP contribution in [0.5, 0.6) is 0 Å². The lowest BCUT2D eigenvalue weighted by molar-refractivity contribution is -0.131. The molecule has 5 heteroatoms. The number of carbonyl (C=O) groups is 2. The summed E-state index contributed by atoms with van der Waals surface area (Å²) in [6.07, 6.45) is 3.45. The number of rotatable bonds is 4. The SMILES string of the molecule is CCNC(=O)C(C)NC(=O)C1CCC(N)CC1. The predicted molar refractivity (Wildman–Crippen MR) is 66.2 cm³/mol. The Balaban J connectivity index is 2.35. The molecule has 4 N–H and O–H groups in total. The van der Waals surface area contributed by atoms with Gasteiger partial charge in [-0.3, -0.25) is 9.59 Å². The molecule has 2 amide bonds. The smallest absolute Gasteiger partial charge is 0.242 e. The van der Waals surface area contributed by atoms with E-state index in [1.54, 1.807) is 6.92 Å². The number of nitrogens with two attached hydrogens (primary N) is 1. The summed E-state index contributed by atoms with van der Waals surface area (Å²) in [5.74, 6) is -0.129. The van der Waals surface area contributed by atoms with E-state index in [2.05, 4.69) is 10.6 Å². The van der Waals surface area contributed by atoms with E-state index in [1.165, 1.54) is 0 Å². The largest absolute Gasteiger partial charge is 0.355 e. The van der Waals surface area contributed by atoms with E-state index >= 15 is 0 Å². The molecule has 0 bridgehead atoms. The molecule has 0 aromatic rings. The molecule has 5 nitrogen and oxygen atoms in total. The second kappa shape index (κ2) is 6.59. The lowest BCUT2D eigenvalue weighted by atomic mass is 9.86. The van der Waals surface area contributed by atoms with Crippen molar-refractivity contribution in [3.8, 4) is 0 Å². The van der Waals surface area contributed by atoms with Gasteiger partial charge in [0, 0.05) is 18.5 Å². The van der Waals surface area contributed by atoms with E-state index < -0.39 is 6.04 Å². The molecule has 1 atom stereocenters. The lowest BCUT2D eigenvalue weighted by Gasteiger charge is -2.26. The van der Waals surface area contributed by atoms with Crippen LogP contribution in [-0.2, 0) is 9.59 Å². The van der Waals surface area contributed by atoms with Crippen LogP contribution in [0.3, 0.4) is 0 Å². The Hall–Kier alpha value is -1.10. The zero-order valence-electron chi connectivity index (χ0n) is 10.7.